The minimum Gasteiger partial charge on any atom is -0.493 e. The Morgan fingerprint density at radius 1 is 0.879 bits per heavy atom. The first kappa shape index (κ1) is 21.7. The monoisotopic (exact) mass is 438 g/mol. The normalized spacial score (nSPS) is 10.2. The predicted molar refractivity (Wildman–Crippen MR) is 126 cm³/mol. The van der Waals surface area contributed by atoms with Crippen molar-refractivity contribution in [3.63, 3.8) is 0 Å². The van der Waals surface area contributed by atoms with Gasteiger partial charge in [-0.3, -0.25) is 0 Å². The van der Waals surface area contributed by atoms with Crippen LogP contribution in [0.2, 0.25) is 0 Å². The largest absolute Gasteiger partial charge is 0.493 e. The average molecular weight is 438 g/mol. The third-order valence-corrected chi connectivity index (χ3v) is 4.93. The Balaban J connectivity index is 1.57. The lowest BCUT2D eigenvalue weighted by Gasteiger charge is -2.12. The van der Waals surface area contributed by atoms with E-state index in [-0.39, 0.29) is 0 Å². The summed E-state index contributed by atoms with van der Waals surface area (Å²) in [6.45, 7) is 0.370. The second-order valence-electron chi connectivity index (χ2n) is 7.06. The van der Waals surface area contributed by atoms with Gasteiger partial charge in [0.25, 0.3) is 0 Å². The van der Waals surface area contributed by atoms with Crippen LogP contribution in [0.25, 0.3) is 11.3 Å². The van der Waals surface area contributed by atoms with Crippen LogP contribution in [0.15, 0.2) is 79.0 Å². The summed E-state index contributed by atoms with van der Waals surface area (Å²) in [5.74, 6) is 2.17. The van der Waals surface area contributed by atoms with E-state index in [0.29, 0.717) is 41.1 Å². The highest BCUT2D eigenvalue weighted by Gasteiger charge is 2.10. The number of nitriles is 1. The van der Waals surface area contributed by atoms with Gasteiger partial charge in [0.2, 0.25) is 5.95 Å². The molecule has 3 aromatic carbocycles. The second kappa shape index (κ2) is 10.2. The summed E-state index contributed by atoms with van der Waals surface area (Å²) in [6.07, 6.45) is 1.67. The molecule has 0 aliphatic carbocycles. The molecule has 0 fully saturated rings. The van der Waals surface area contributed by atoms with Gasteiger partial charge < -0.3 is 19.5 Å². The van der Waals surface area contributed by atoms with Crippen molar-refractivity contribution >= 4 is 11.6 Å². The molecule has 164 valence electrons. The quantitative estimate of drug-likeness (QED) is 0.396. The zero-order valence-corrected chi connectivity index (χ0v) is 18.3. The molecule has 0 atom stereocenters. The number of hydrogen-bond donors (Lipinski definition) is 1. The fraction of sp³-hybridized carbons (Fsp3) is 0.115. The molecule has 0 saturated carbocycles. The third kappa shape index (κ3) is 5.20. The zero-order valence-electron chi connectivity index (χ0n) is 18.3. The molecule has 0 amide bonds. The first-order valence-corrected chi connectivity index (χ1v) is 10.2. The molecule has 7 nitrogen and oxygen atoms in total. The van der Waals surface area contributed by atoms with Crippen molar-refractivity contribution < 1.29 is 14.2 Å². The van der Waals surface area contributed by atoms with Crippen LogP contribution in [0.1, 0.15) is 11.1 Å². The van der Waals surface area contributed by atoms with Crippen molar-refractivity contribution in [3.05, 3.63) is 90.1 Å². The highest BCUT2D eigenvalue weighted by atomic mass is 16.5. The highest BCUT2D eigenvalue weighted by molar-refractivity contribution is 5.66. The van der Waals surface area contributed by atoms with E-state index in [4.69, 9.17) is 14.2 Å². The highest BCUT2D eigenvalue weighted by Crippen LogP contribution is 2.31. The molecule has 0 aliphatic heterocycles. The van der Waals surface area contributed by atoms with Gasteiger partial charge in [-0.2, -0.15) is 5.26 Å². The average Bonchev–Trinajstić information content (AvgIpc) is 2.88. The standard InChI is InChI=1S/C26H22N4O3/c1-31-23-11-10-21(15-25(23)32-2)29-26-28-13-12-22(30-26)19-8-9-20(16-27)24(14-19)33-17-18-6-4-3-5-7-18/h3-15H,17H2,1-2H3,(H,28,29,30). The number of benzene rings is 3. The fourth-order valence-corrected chi connectivity index (χ4v) is 3.25. The van der Waals surface area contributed by atoms with Crippen LogP contribution < -0.4 is 19.5 Å². The maximum Gasteiger partial charge on any atom is 0.227 e. The van der Waals surface area contributed by atoms with Gasteiger partial charge in [0.15, 0.2) is 11.5 Å². The van der Waals surface area contributed by atoms with E-state index in [1.54, 1.807) is 26.5 Å². The molecule has 0 unspecified atom stereocenters. The van der Waals surface area contributed by atoms with Gasteiger partial charge in [-0.15, -0.1) is 0 Å². The predicted octanol–water partition coefficient (Wildman–Crippen LogP) is 5.36. The van der Waals surface area contributed by atoms with Gasteiger partial charge in [0.05, 0.1) is 25.5 Å². The Kier molecular flexibility index (Phi) is 6.67. The number of nitrogens with zero attached hydrogens (tertiary/aromatic N) is 3. The van der Waals surface area contributed by atoms with Gasteiger partial charge >= 0.3 is 0 Å². The van der Waals surface area contributed by atoms with Crippen molar-refractivity contribution in [2.45, 2.75) is 6.61 Å². The topological polar surface area (TPSA) is 89.3 Å². The second-order valence-corrected chi connectivity index (χ2v) is 7.06. The van der Waals surface area contributed by atoms with Crippen molar-refractivity contribution in [1.29, 1.82) is 5.26 Å². The van der Waals surface area contributed by atoms with Crippen LogP contribution in [0.5, 0.6) is 17.2 Å². The summed E-state index contributed by atoms with van der Waals surface area (Å²) in [5.41, 5.74) is 3.76. The number of hydrogen-bond acceptors (Lipinski definition) is 7. The van der Waals surface area contributed by atoms with Gasteiger partial charge in [-0.1, -0.05) is 36.4 Å². The van der Waals surface area contributed by atoms with E-state index in [1.165, 1.54) is 0 Å². The van der Waals surface area contributed by atoms with Crippen LogP contribution in [0, 0.1) is 11.3 Å². The lowest BCUT2D eigenvalue weighted by molar-refractivity contribution is 0.305. The SMILES string of the molecule is COc1ccc(Nc2nccc(-c3ccc(C#N)c(OCc4ccccc4)c3)n2)cc1OC. The van der Waals surface area contributed by atoms with Gasteiger partial charge in [-0.25, -0.2) is 9.97 Å². The van der Waals surface area contributed by atoms with E-state index in [9.17, 15) is 5.26 Å². The molecule has 1 aromatic heterocycles. The summed E-state index contributed by atoms with van der Waals surface area (Å²) >= 11 is 0. The summed E-state index contributed by atoms with van der Waals surface area (Å²) in [7, 11) is 3.17. The smallest absolute Gasteiger partial charge is 0.227 e. The summed E-state index contributed by atoms with van der Waals surface area (Å²) in [5, 5.41) is 12.7. The molecule has 1 N–H and O–H groups in total. The van der Waals surface area contributed by atoms with E-state index in [1.807, 2.05) is 66.7 Å². The summed E-state index contributed by atoms with van der Waals surface area (Å²) < 4.78 is 16.6. The molecule has 33 heavy (non-hydrogen) atoms. The molecule has 0 radical (unpaired) electrons. The number of anilines is 2. The minimum absolute atomic E-state index is 0.370. The molecule has 0 bridgehead atoms. The molecular weight excluding hydrogens is 416 g/mol. The zero-order chi connectivity index (χ0) is 23.0. The Bertz CT molecular complexity index is 1290. The Morgan fingerprint density at radius 3 is 2.45 bits per heavy atom. The van der Waals surface area contributed by atoms with Crippen LogP contribution in [0.4, 0.5) is 11.6 Å². The van der Waals surface area contributed by atoms with E-state index in [2.05, 4.69) is 21.4 Å². The molecule has 4 aromatic rings. The van der Waals surface area contributed by atoms with Crippen LogP contribution in [0.3, 0.4) is 0 Å². The summed E-state index contributed by atoms with van der Waals surface area (Å²) in [6, 6.07) is 24.7. The Hall–Kier alpha value is -4.57. The van der Waals surface area contributed by atoms with E-state index in [0.717, 1.165) is 16.8 Å². The van der Waals surface area contributed by atoms with Gasteiger partial charge in [0.1, 0.15) is 18.4 Å². The van der Waals surface area contributed by atoms with Crippen molar-refractivity contribution in [2.24, 2.45) is 0 Å². The molecule has 0 spiro atoms. The maximum absolute atomic E-state index is 9.48. The molecule has 4 rings (SSSR count). The fourth-order valence-electron chi connectivity index (χ4n) is 3.25. The molecule has 0 saturated heterocycles. The molecule has 7 heteroatoms. The van der Waals surface area contributed by atoms with Crippen molar-refractivity contribution in [1.82, 2.24) is 9.97 Å². The van der Waals surface area contributed by atoms with Crippen LogP contribution in [-0.4, -0.2) is 24.2 Å². The molecule has 0 aliphatic rings. The first-order valence-electron chi connectivity index (χ1n) is 10.2. The molecular formula is C26H22N4O3. The third-order valence-electron chi connectivity index (χ3n) is 4.93. The van der Waals surface area contributed by atoms with Crippen molar-refractivity contribution in [2.75, 3.05) is 19.5 Å². The van der Waals surface area contributed by atoms with Gasteiger partial charge in [0, 0.05) is 23.5 Å². The van der Waals surface area contributed by atoms with E-state index >= 15 is 0 Å². The lowest BCUT2D eigenvalue weighted by Crippen LogP contribution is -2.00. The number of nitrogens with one attached hydrogen (secondary N) is 1. The minimum atomic E-state index is 0.370. The van der Waals surface area contributed by atoms with Crippen LogP contribution >= 0.6 is 0 Å². The first-order chi connectivity index (χ1) is 16.2. The van der Waals surface area contributed by atoms with Crippen LogP contribution in [-0.2, 0) is 6.61 Å². The Morgan fingerprint density at radius 2 is 1.70 bits per heavy atom. The number of methoxy groups -OCH3 is 2. The molecule has 1 heterocycles. The maximum atomic E-state index is 9.48. The lowest BCUT2D eigenvalue weighted by atomic mass is 10.1. The number of ether oxygens (including phenoxy) is 3. The van der Waals surface area contributed by atoms with E-state index < -0.39 is 0 Å². The number of rotatable bonds is 8. The number of aromatic nitrogens is 2. The van der Waals surface area contributed by atoms with Gasteiger partial charge in [-0.05, 0) is 35.9 Å². The van der Waals surface area contributed by atoms with Crippen molar-refractivity contribution in [3.8, 4) is 34.6 Å². The summed E-state index contributed by atoms with van der Waals surface area (Å²) in [4.78, 5) is 8.93. The Labute approximate surface area is 192 Å².